The van der Waals surface area contributed by atoms with Crippen molar-refractivity contribution in [3.8, 4) is 5.75 Å². The van der Waals surface area contributed by atoms with Gasteiger partial charge in [0.1, 0.15) is 11.6 Å². The second-order valence-corrected chi connectivity index (χ2v) is 4.99. The first kappa shape index (κ1) is 16.8. The molecule has 0 aromatic heterocycles. The zero-order chi connectivity index (χ0) is 13.7. The van der Waals surface area contributed by atoms with Crippen LogP contribution in [-0.4, -0.2) is 35.7 Å². The summed E-state index contributed by atoms with van der Waals surface area (Å²) in [7, 11) is 0. The van der Waals surface area contributed by atoms with Gasteiger partial charge < -0.3 is 9.64 Å². The van der Waals surface area contributed by atoms with E-state index >= 15 is 0 Å². The maximum atomic E-state index is 10.6. The Morgan fingerprint density at radius 2 is 1.80 bits per heavy atom. The zero-order valence-electron chi connectivity index (χ0n) is 11.1. The minimum Gasteiger partial charge on any atom is -0.484 e. The number of ether oxygens (including phenoxy) is 1. The maximum Gasteiger partial charge on any atom is 0.259 e. The highest BCUT2D eigenvalue weighted by atomic mass is 35.5. The van der Waals surface area contributed by atoms with E-state index in [1.54, 1.807) is 12.1 Å². The molecule has 0 atom stereocenters. The lowest BCUT2D eigenvalue weighted by molar-refractivity contribution is -0.113. The van der Waals surface area contributed by atoms with Crippen molar-refractivity contribution in [2.24, 2.45) is 0 Å². The highest BCUT2D eigenvalue weighted by Crippen LogP contribution is 2.16. The van der Waals surface area contributed by atoms with Crippen LogP contribution in [0.25, 0.3) is 0 Å². The molecular formula is C14H18Cl2N2O2. The lowest BCUT2D eigenvalue weighted by atomic mass is 10.1. The second-order valence-electron chi connectivity index (χ2n) is 4.56. The Hall–Kier alpha value is -1.26. The number of likely N-dealkylation sites (tertiary alicyclic amines) is 1. The van der Waals surface area contributed by atoms with Gasteiger partial charge in [0.15, 0.2) is 6.61 Å². The van der Waals surface area contributed by atoms with Gasteiger partial charge in [-0.2, -0.15) is 0 Å². The summed E-state index contributed by atoms with van der Waals surface area (Å²) in [5.41, 5.74) is 0.867. The van der Waals surface area contributed by atoms with E-state index in [4.69, 9.17) is 21.7 Å². The van der Waals surface area contributed by atoms with E-state index in [1.165, 1.54) is 6.42 Å². The van der Waals surface area contributed by atoms with Gasteiger partial charge >= 0.3 is 0 Å². The molecule has 0 aliphatic carbocycles. The molecule has 1 aromatic rings. The largest absolute Gasteiger partial charge is 0.484 e. The topological polar surface area (TPSA) is 53.4 Å². The van der Waals surface area contributed by atoms with Gasteiger partial charge in [-0.15, -0.1) is 12.4 Å². The first-order valence-electron chi connectivity index (χ1n) is 6.42. The van der Waals surface area contributed by atoms with E-state index in [9.17, 15) is 4.79 Å². The second kappa shape index (κ2) is 8.12. The molecule has 1 N–H and O–H groups in total. The normalized spacial score (nSPS) is 14.3. The molecule has 1 saturated heterocycles. The summed E-state index contributed by atoms with van der Waals surface area (Å²) in [5, 5.41) is 7.65. The van der Waals surface area contributed by atoms with Crippen molar-refractivity contribution in [1.82, 2.24) is 4.90 Å². The number of nitrogens with one attached hydrogen (secondary N) is 1. The Bertz CT molecular complexity index is 457. The Kier molecular flexibility index (Phi) is 6.82. The van der Waals surface area contributed by atoms with Crippen LogP contribution in [-0.2, 0) is 4.79 Å². The average molecular weight is 317 g/mol. The van der Waals surface area contributed by atoms with E-state index in [2.05, 4.69) is 4.90 Å². The number of hydrogen-bond acceptors (Lipinski definition) is 3. The van der Waals surface area contributed by atoms with Gasteiger partial charge in [0.25, 0.3) is 5.24 Å². The standard InChI is InChI=1S/C14H17ClN2O2.ClH/c15-13(18)10-19-12-6-4-11(5-7-12)14(16)17-8-2-1-3-9-17;/h4-7,16H,1-3,8-10H2;1H. The first-order valence-corrected chi connectivity index (χ1v) is 6.79. The van der Waals surface area contributed by atoms with E-state index in [1.807, 2.05) is 12.1 Å². The van der Waals surface area contributed by atoms with Crippen LogP contribution < -0.4 is 4.74 Å². The molecule has 4 nitrogen and oxygen atoms in total. The minimum absolute atomic E-state index is 0. The van der Waals surface area contributed by atoms with Crippen LogP contribution in [0.3, 0.4) is 0 Å². The molecule has 0 radical (unpaired) electrons. The molecule has 1 fully saturated rings. The number of benzene rings is 1. The molecule has 0 saturated carbocycles. The van der Waals surface area contributed by atoms with E-state index in [0.717, 1.165) is 31.5 Å². The summed E-state index contributed by atoms with van der Waals surface area (Å²) in [6.45, 7) is 1.78. The van der Waals surface area contributed by atoms with Crippen LogP contribution in [0.4, 0.5) is 0 Å². The summed E-state index contributed by atoms with van der Waals surface area (Å²) in [5.74, 6) is 1.14. The predicted octanol–water partition coefficient (Wildman–Crippen LogP) is 3.06. The molecule has 0 amide bonds. The van der Waals surface area contributed by atoms with Crippen molar-refractivity contribution in [3.63, 3.8) is 0 Å². The monoisotopic (exact) mass is 316 g/mol. The lowest BCUT2D eigenvalue weighted by Crippen LogP contribution is -2.35. The number of carbonyl (C=O) groups is 1. The number of carbonyl (C=O) groups excluding carboxylic acids is 1. The van der Waals surface area contributed by atoms with E-state index in [-0.39, 0.29) is 19.0 Å². The summed E-state index contributed by atoms with van der Waals surface area (Å²) >= 11 is 5.21. The molecule has 6 heteroatoms. The molecule has 1 aliphatic heterocycles. The van der Waals surface area contributed by atoms with Gasteiger partial charge in [0, 0.05) is 18.7 Å². The molecule has 2 rings (SSSR count). The lowest BCUT2D eigenvalue weighted by Gasteiger charge is -2.29. The van der Waals surface area contributed by atoms with Crippen molar-refractivity contribution in [1.29, 1.82) is 5.41 Å². The van der Waals surface area contributed by atoms with Crippen molar-refractivity contribution < 1.29 is 9.53 Å². The smallest absolute Gasteiger partial charge is 0.259 e. The highest BCUT2D eigenvalue weighted by Gasteiger charge is 2.14. The van der Waals surface area contributed by atoms with Crippen LogP contribution in [0.1, 0.15) is 24.8 Å². The SMILES string of the molecule is Cl.N=C(c1ccc(OCC(=O)Cl)cc1)N1CCCCC1. The number of rotatable bonds is 4. The van der Waals surface area contributed by atoms with Crippen molar-refractivity contribution in [2.75, 3.05) is 19.7 Å². The maximum absolute atomic E-state index is 10.6. The summed E-state index contributed by atoms with van der Waals surface area (Å²) in [6, 6.07) is 7.19. The third kappa shape index (κ3) is 4.69. The molecule has 110 valence electrons. The van der Waals surface area contributed by atoms with Gasteiger partial charge in [-0.05, 0) is 55.1 Å². The van der Waals surface area contributed by atoms with Gasteiger partial charge in [-0.1, -0.05) is 0 Å². The molecular weight excluding hydrogens is 299 g/mol. The van der Waals surface area contributed by atoms with Crippen LogP contribution >= 0.6 is 24.0 Å². The Morgan fingerprint density at radius 1 is 1.20 bits per heavy atom. The Morgan fingerprint density at radius 3 is 2.35 bits per heavy atom. The quantitative estimate of drug-likeness (QED) is 0.527. The molecule has 20 heavy (non-hydrogen) atoms. The molecule has 0 unspecified atom stereocenters. The summed E-state index contributed by atoms with van der Waals surface area (Å²) in [4.78, 5) is 12.7. The minimum atomic E-state index is -0.523. The van der Waals surface area contributed by atoms with Gasteiger partial charge in [-0.25, -0.2) is 0 Å². The molecule has 1 heterocycles. The fourth-order valence-electron chi connectivity index (χ4n) is 2.15. The fraction of sp³-hybridized carbons (Fsp3) is 0.429. The number of piperidine rings is 1. The summed E-state index contributed by atoms with van der Waals surface area (Å²) < 4.78 is 5.18. The van der Waals surface area contributed by atoms with Crippen LogP contribution in [0.5, 0.6) is 5.75 Å². The first-order chi connectivity index (χ1) is 9.16. The Labute approximate surface area is 130 Å². The predicted molar refractivity (Wildman–Crippen MR) is 82.3 cm³/mol. The van der Waals surface area contributed by atoms with E-state index < -0.39 is 5.24 Å². The molecule has 1 aliphatic rings. The van der Waals surface area contributed by atoms with Crippen LogP contribution in [0.15, 0.2) is 24.3 Å². The van der Waals surface area contributed by atoms with Gasteiger partial charge in [-0.3, -0.25) is 10.2 Å². The van der Waals surface area contributed by atoms with Gasteiger partial charge in [0.05, 0.1) is 0 Å². The zero-order valence-corrected chi connectivity index (χ0v) is 12.7. The average Bonchev–Trinajstić information content (AvgIpc) is 2.46. The van der Waals surface area contributed by atoms with Crippen molar-refractivity contribution in [3.05, 3.63) is 29.8 Å². The van der Waals surface area contributed by atoms with Crippen molar-refractivity contribution >= 4 is 35.1 Å². The van der Waals surface area contributed by atoms with Crippen molar-refractivity contribution in [2.45, 2.75) is 19.3 Å². The molecule has 0 bridgehead atoms. The van der Waals surface area contributed by atoms with E-state index in [0.29, 0.717) is 11.6 Å². The van der Waals surface area contributed by atoms with Crippen LogP contribution in [0, 0.1) is 5.41 Å². The third-order valence-corrected chi connectivity index (χ3v) is 3.26. The highest BCUT2D eigenvalue weighted by molar-refractivity contribution is 6.63. The van der Waals surface area contributed by atoms with Crippen LogP contribution in [0.2, 0.25) is 0 Å². The molecule has 0 spiro atoms. The number of amidine groups is 1. The van der Waals surface area contributed by atoms with Gasteiger partial charge in [0.2, 0.25) is 0 Å². The number of halogens is 2. The summed E-state index contributed by atoms with van der Waals surface area (Å²) in [6.07, 6.45) is 3.56. The number of hydrogen-bond donors (Lipinski definition) is 1. The fourth-order valence-corrected chi connectivity index (χ4v) is 2.20. The Balaban J connectivity index is 0.00000200. The third-order valence-electron chi connectivity index (χ3n) is 3.15. The molecule has 1 aromatic carbocycles. The number of nitrogens with zero attached hydrogens (tertiary/aromatic N) is 1.